The zero-order valence-electron chi connectivity index (χ0n) is 11.0. The molecule has 19 heavy (non-hydrogen) atoms. The summed E-state index contributed by atoms with van der Waals surface area (Å²) >= 11 is 0. The van der Waals surface area contributed by atoms with Gasteiger partial charge in [0, 0.05) is 12.8 Å². The Hall–Kier alpha value is -1.91. The van der Waals surface area contributed by atoms with Gasteiger partial charge in [-0.1, -0.05) is 26.0 Å². The number of halogens is 1. The molecule has 0 radical (unpaired) electrons. The molecule has 0 unspecified atom stereocenters. The van der Waals surface area contributed by atoms with Crippen molar-refractivity contribution in [3.63, 3.8) is 0 Å². The van der Waals surface area contributed by atoms with Crippen molar-refractivity contribution in [1.82, 2.24) is 5.32 Å². The average molecular weight is 267 g/mol. The summed E-state index contributed by atoms with van der Waals surface area (Å²) in [6.07, 6.45) is 0.337. The van der Waals surface area contributed by atoms with E-state index in [-0.39, 0.29) is 24.7 Å². The molecule has 0 bridgehead atoms. The molecule has 104 valence electrons. The summed E-state index contributed by atoms with van der Waals surface area (Å²) in [5.41, 5.74) is 0.539. The SMILES string of the molecule is CC(C)CC(=O)N[C@@H](Cc1cccc(F)c1)C(=O)O. The number of carbonyl (C=O) groups is 2. The molecule has 1 rings (SSSR count). The molecular formula is C14H18FNO3. The van der Waals surface area contributed by atoms with Crippen molar-refractivity contribution >= 4 is 11.9 Å². The lowest BCUT2D eigenvalue weighted by Gasteiger charge is -2.15. The Morgan fingerprint density at radius 3 is 2.58 bits per heavy atom. The maximum Gasteiger partial charge on any atom is 0.326 e. The van der Waals surface area contributed by atoms with Gasteiger partial charge in [0.2, 0.25) is 5.91 Å². The monoisotopic (exact) mass is 267 g/mol. The number of amides is 1. The van der Waals surface area contributed by atoms with E-state index in [4.69, 9.17) is 5.11 Å². The first-order valence-electron chi connectivity index (χ1n) is 6.15. The van der Waals surface area contributed by atoms with Gasteiger partial charge in [-0.15, -0.1) is 0 Å². The molecular weight excluding hydrogens is 249 g/mol. The second-order valence-corrected chi connectivity index (χ2v) is 4.89. The van der Waals surface area contributed by atoms with Crippen LogP contribution < -0.4 is 5.32 Å². The predicted molar refractivity (Wildman–Crippen MR) is 69.1 cm³/mol. The van der Waals surface area contributed by atoms with Gasteiger partial charge in [-0.3, -0.25) is 4.79 Å². The first-order valence-corrected chi connectivity index (χ1v) is 6.15. The van der Waals surface area contributed by atoms with Crippen LogP contribution in [0.3, 0.4) is 0 Å². The van der Waals surface area contributed by atoms with E-state index in [1.54, 1.807) is 6.07 Å². The minimum Gasteiger partial charge on any atom is -0.480 e. The van der Waals surface area contributed by atoms with Crippen molar-refractivity contribution in [1.29, 1.82) is 0 Å². The lowest BCUT2D eigenvalue weighted by molar-refractivity contribution is -0.141. The number of hydrogen-bond donors (Lipinski definition) is 2. The van der Waals surface area contributed by atoms with Crippen LogP contribution in [0.4, 0.5) is 4.39 Å². The molecule has 0 spiro atoms. The molecule has 0 fully saturated rings. The van der Waals surface area contributed by atoms with Crippen molar-refractivity contribution in [2.24, 2.45) is 5.92 Å². The van der Waals surface area contributed by atoms with Gasteiger partial charge in [0.15, 0.2) is 0 Å². The van der Waals surface area contributed by atoms with Crippen LogP contribution in [0.2, 0.25) is 0 Å². The van der Waals surface area contributed by atoms with Crippen LogP contribution in [0, 0.1) is 11.7 Å². The van der Waals surface area contributed by atoms with E-state index in [2.05, 4.69) is 5.32 Å². The highest BCUT2D eigenvalue weighted by Gasteiger charge is 2.20. The fourth-order valence-corrected chi connectivity index (χ4v) is 1.72. The van der Waals surface area contributed by atoms with Crippen LogP contribution in [0.15, 0.2) is 24.3 Å². The highest BCUT2D eigenvalue weighted by atomic mass is 19.1. The minimum atomic E-state index is -1.12. The molecule has 2 N–H and O–H groups in total. The number of carboxylic acid groups (broad SMARTS) is 1. The Kier molecular flexibility index (Phi) is 5.48. The molecule has 0 saturated heterocycles. The van der Waals surface area contributed by atoms with Crippen molar-refractivity contribution < 1.29 is 19.1 Å². The van der Waals surface area contributed by atoms with Gasteiger partial charge >= 0.3 is 5.97 Å². The molecule has 0 aromatic heterocycles. The maximum absolute atomic E-state index is 13.0. The predicted octanol–water partition coefficient (Wildman–Crippen LogP) is 1.98. The molecule has 0 aliphatic rings. The molecule has 0 aliphatic heterocycles. The van der Waals surface area contributed by atoms with E-state index in [0.29, 0.717) is 5.56 Å². The first kappa shape index (κ1) is 15.1. The van der Waals surface area contributed by atoms with E-state index in [9.17, 15) is 14.0 Å². The molecule has 1 amide bonds. The fraction of sp³-hybridized carbons (Fsp3) is 0.429. The van der Waals surface area contributed by atoms with E-state index in [1.807, 2.05) is 13.8 Å². The Morgan fingerprint density at radius 1 is 1.37 bits per heavy atom. The third-order valence-electron chi connectivity index (χ3n) is 2.56. The highest BCUT2D eigenvalue weighted by Crippen LogP contribution is 2.08. The van der Waals surface area contributed by atoms with Crippen LogP contribution in [0.5, 0.6) is 0 Å². The number of rotatable bonds is 6. The molecule has 0 heterocycles. The largest absolute Gasteiger partial charge is 0.480 e. The number of aliphatic carboxylic acids is 1. The molecule has 0 aliphatic carbocycles. The van der Waals surface area contributed by atoms with Crippen molar-refractivity contribution in [3.05, 3.63) is 35.6 Å². The summed E-state index contributed by atoms with van der Waals surface area (Å²) < 4.78 is 13.0. The van der Waals surface area contributed by atoms with Gasteiger partial charge in [-0.25, -0.2) is 9.18 Å². The zero-order valence-corrected chi connectivity index (χ0v) is 11.0. The number of carboxylic acids is 1. The molecule has 1 atom stereocenters. The Labute approximate surface area is 111 Å². The van der Waals surface area contributed by atoms with Gasteiger partial charge in [0.25, 0.3) is 0 Å². The Morgan fingerprint density at radius 2 is 2.05 bits per heavy atom. The molecule has 1 aromatic rings. The normalized spacial score (nSPS) is 12.2. The zero-order chi connectivity index (χ0) is 14.4. The average Bonchev–Trinajstić information content (AvgIpc) is 2.26. The van der Waals surface area contributed by atoms with Crippen molar-refractivity contribution in [3.8, 4) is 0 Å². The van der Waals surface area contributed by atoms with Gasteiger partial charge < -0.3 is 10.4 Å². The van der Waals surface area contributed by atoms with Crippen LogP contribution >= 0.6 is 0 Å². The quantitative estimate of drug-likeness (QED) is 0.828. The van der Waals surface area contributed by atoms with Crippen molar-refractivity contribution in [2.75, 3.05) is 0 Å². The summed E-state index contributed by atoms with van der Waals surface area (Å²) in [7, 11) is 0. The van der Waals surface area contributed by atoms with Crippen LogP contribution in [-0.2, 0) is 16.0 Å². The third kappa shape index (κ3) is 5.50. The summed E-state index contributed by atoms with van der Waals surface area (Å²) in [5.74, 6) is -1.70. The third-order valence-corrected chi connectivity index (χ3v) is 2.56. The van der Waals surface area contributed by atoms with Crippen LogP contribution in [-0.4, -0.2) is 23.0 Å². The Balaban J connectivity index is 2.68. The first-order chi connectivity index (χ1) is 8.88. The lowest BCUT2D eigenvalue weighted by Crippen LogP contribution is -2.42. The smallest absolute Gasteiger partial charge is 0.326 e. The standard InChI is InChI=1S/C14H18FNO3/c1-9(2)6-13(17)16-12(14(18)19)8-10-4-3-5-11(15)7-10/h3-5,7,9,12H,6,8H2,1-2H3,(H,16,17)(H,18,19)/t12-/m0/s1. The molecule has 5 heteroatoms. The summed E-state index contributed by atoms with van der Waals surface area (Å²) in [6.45, 7) is 3.75. The number of nitrogens with one attached hydrogen (secondary N) is 1. The molecule has 1 aromatic carbocycles. The topological polar surface area (TPSA) is 66.4 Å². The van der Waals surface area contributed by atoms with Crippen molar-refractivity contribution in [2.45, 2.75) is 32.7 Å². The second kappa shape index (κ2) is 6.87. The van der Waals surface area contributed by atoms with Gasteiger partial charge in [0.1, 0.15) is 11.9 Å². The summed E-state index contributed by atoms with van der Waals surface area (Å²) in [4.78, 5) is 22.7. The number of carbonyl (C=O) groups excluding carboxylic acids is 1. The lowest BCUT2D eigenvalue weighted by atomic mass is 10.0. The minimum absolute atomic E-state index is 0.0664. The van der Waals surface area contributed by atoms with Gasteiger partial charge in [-0.05, 0) is 23.6 Å². The maximum atomic E-state index is 13.0. The summed E-state index contributed by atoms with van der Waals surface area (Å²) in [5, 5.41) is 11.5. The van der Waals surface area contributed by atoms with E-state index in [0.717, 1.165) is 0 Å². The fourth-order valence-electron chi connectivity index (χ4n) is 1.72. The second-order valence-electron chi connectivity index (χ2n) is 4.89. The Bertz CT molecular complexity index is 460. The van der Waals surface area contributed by atoms with Crippen LogP contribution in [0.1, 0.15) is 25.8 Å². The van der Waals surface area contributed by atoms with Gasteiger partial charge in [-0.2, -0.15) is 0 Å². The highest BCUT2D eigenvalue weighted by molar-refractivity contribution is 5.83. The molecule has 4 nitrogen and oxygen atoms in total. The number of benzene rings is 1. The molecule has 0 saturated carbocycles. The van der Waals surface area contributed by atoms with E-state index >= 15 is 0 Å². The number of hydrogen-bond acceptors (Lipinski definition) is 2. The summed E-state index contributed by atoms with van der Waals surface area (Å²) in [6, 6.07) is 4.67. The van der Waals surface area contributed by atoms with Crippen LogP contribution in [0.25, 0.3) is 0 Å². The van der Waals surface area contributed by atoms with Gasteiger partial charge in [0.05, 0.1) is 0 Å². The van der Waals surface area contributed by atoms with E-state index in [1.165, 1.54) is 18.2 Å². The van der Waals surface area contributed by atoms with E-state index < -0.39 is 17.8 Å².